The number of carbonyl (C=O) groups excluding carboxylic acids is 1. The Morgan fingerprint density at radius 2 is 2.09 bits per heavy atom. The molecule has 0 radical (unpaired) electrons. The second-order valence-corrected chi connectivity index (χ2v) is 7.41. The van der Waals surface area contributed by atoms with E-state index in [-0.39, 0.29) is 5.91 Å². The highest BCUT2D eigenvalue weighted by Gasteiger charge is 2.34. The van der Waals surface area contributed by atoms with Gasteiger partial charge in [0, 0.05) is 38.9 Å². The third kappa shape index (κ3) is 4.15. The first-order valence-electron chi connectivity index (χ1n) is 8.93. The van der Waals surface area contributed by atoms with Crippen LogP contribution in [0.2, 0.25) is 0 Å². The molecule has 0 atom stereocenters. The first-order chi connectivity index (χ1) is 11.1. The van der Waals surface area contributed by atoms with E-state index in [0.717, 1.165) is 70.7 Å². The molecular formula is C18H29N3O2. The largest absolute Gasteiger partial charge is 0.389 e. The molecule has 1 aliphatic heterocycles. The second kappa shape index (κ2) is 7.05. The van der Waals surface area contributed by atoms with Crippen molar-refractivity contribution in [3.8, 4) is 0 Å². The van der Waals surface area contributed by atoms with Gasteiger partial charge in [0.2, 0.25) is 0 Å². The molecule has 23 heavy (non-hydrogen) atoms. The van der Waals surface area contributed by atoms with Gasteiger partial charge in [-0.05, 0) is 50.2 Å². The Kier molecular flexibility index (Phi) is 5.07. The predicted octanol–water partition coefficient (Wildman–Crippen LogP) is 2.10. The van der Waals surface area contributed by atoms with Crippen LogP contribution in [-0.2, 0) is 0 Å². The van der Waals surface area contributed by atoms with E-state index in [2.05, 4.69) is 16.8 Å². The van der Waals surface area contributed by atoms with Crippen molar-refractivity contribution in [3.63, 3.8) is 0 Å². The number of aliphatic hydroxyl groups is 1. The highest BCUT2D eigenvalue weighted by Crippen LogP contribution is 2.32. The van der Waals surface area contributed by atoms with Crippen LogP contribution in [0.4, 0.5) is 0 Å². The summed E-state index contributed by atoms with van der Waals surface area (Å²) in [4.78, 5) is 19.7. The van der Waals surface area contributed by atoms with Gasteiger partial charge < -0.3 is 15.0 Å². The van der Waals surface area contributed by atoms with Crippen LogP contribution in [0.3, 0.4) is 0 Å². The molecule has 2 heterocycles. The molecule has 3 rings (SSSR count). The Morgan fingerprint density at radius 1 is 1.30 bits per heavy atom. The zero-order chi connectivity index (χ0) is 16.3. The monoisotopic (exact) mass is 319 g/mol. The summed E-state index contributed by atoms with van der Waals surface area (Å²) in [7, 11) is 0. The Labute approximate surface area is 138 Å². The zero-order valence-corrected chi connectivity index (χ0v) is 14.1. The van der Waals surface area contributed by atoms with Crippen LogP contribution in [-0.4, -0.2) is 64.1 Å². The van der Waals surface area contributed by atoms with Gasteiger partial charge in [-0.25, -0.2) is 0 Å². The number of amides is 1. The molecule has 1 saturated heterocycles. The summed E-state index contributed by atoms with van der Waals surface area (Å²) in [5.41, 5.74) is 0.142. The minimum Gasteiger partial charge on any atom is -0.389 e. The average Bonchev–Trinajstić information content (AvgIpc) is 2.98. The van der Waals surface area contributed by atoms with Crippen molar-refractivity contribution >= 4 is 5.91 Å². The van der Waals surface area contributed by atoms with Crippen molar-refractivity contribution in [3.05, 3.63) is 24.0 Å². The molecule has 1 aromatic heterocycles. The number of hydrogen-bond donors (Lipinski definition) is 2. The third-order valence-electron chi connectivity index (χ3n) is 5.43. The number of nitrogens with one attached hydrogen (secondary N) is 1. The number of aromatic amines is 1. The van der Waals surface area contributed by atoms with Crippen molar-refractivity contribution in [2.75, 3.05) is 32.7 Å². The molecule has 2 N–H and O–H groups in total. The molecule has 0 unspecified atom stereocenters. The van der Waals surface area contributed by atoms with Crippen LogP contribution in [0.1, 0.15) is 49.5 Å². The SMILES string of the molecule is CC1CCC(O)(CN2CCCN(C(=O)c3ccc[nH]3)CC2)CC1. The van der Waals surface area contributed by atoms with E-state index in [1.54, 1.807) is 6.20 Å². The van der Waals surface area contributed by atoms with Crippen LogP contribution in [0, 0.1) is 5.92 Å². The molecule has 1 aliphatic carbocycles. The molecule has 0 spiro atoms. The van der Waals surface area contributed by atoms with Gasteiger partial charge >= 0.3 is 0 Å². The topological polar surface area (TPSA) is 59.6 Å². The summed E-state index contributed by atoms with van der Waals surface area (Å²) >= 11 is 0. The van der Waals surface area contributed by atoms with Gasteiger partial charge in [0.15, 0.2) is 0 Å². The molecule has 2 aliphatic rings. The lowest BCUT2D eigenvalue weighted by Gasteiger charge is -2.38. The predicted molar refractivity (Wildman–Crippen MR) is 90.3 cm³/mol. The Bertz CT molecular complexity index is 506. The first kappa shape index (κ1) is 16.5. The zero-order valence-electron chi connectivity index (χ0n) is 14.1. The van der Waals surface area contributed by atoms with E-state index in [9.17, 15) is 9.90 Å². The van der Waals surface area contributed by atoms with Crippen molar-refractivity contribution in [1.82, 2.24) is 14.8 Å². The summed E-state index contributed by atoms with van der Waals surface area (Å²) in [5, 5.41) is 10.8. The maximum Gasteiger partial charge on any atom is 0.270 e. The molecule has 1 aromatic rings. The van der Waals surface area contributed by atoms with Gasteiger partial charge in [0.1, 0.15) is 5.69 Å². The molecule has 0 aromatic carbocycles. The molecule has 1 saturated carbocycles. The Morgan fingerprint density at radius 3 is 2.78 bits per heavy atom. The number of hydrogen-bond acceptors (Lipinski definition) is 3. The van der Waals surface area contributed by atoms with Crippen LogP contribution in [0.15, 0.2) is 18.3 Å². The van der Waals surface area contributed by atoms with Gasteiger partial charge in [-0.2, -0.15) is 0 Å². The molecule has 5 nitrogen and oxygen atoms in total. The molecular weight excluding hydrogens is 290 g/mol. The maximum atomic E-state index is 12.4. The van der Waals surface area contributed by atoms with Crippen molar-refractivity contribution in [2.24, 2.45) is 5.92 Å². The number of carbonyl (C=O) groups is 1. The third-order valence-corrected chi connectivity index (χ3v) is 5.43. The lowest BCUT2D eigenvalue weighted by Crippen LogP contribution is -2.46. The number of β-amino-alcohol motifs (C(OH)–C–C–N with tert-alkyl or cyclic N) is 1. The van der Waals surface area contributed by atoms with E-state index >= 15 is 0 Å². The minimum atomic E-state index is -0.523. The van der Waals surface area contributed by atoms with Gasteiger partial charge in [-0.15, -0.1) is 0 Å². The lowest BCUT2D eigenvalue weighted by atomic mass is 9.79. The molecule has 1 amide bonds. The van der Waals surface area contributed by atoms with Crippen LogP contribution in [0.25, 0.3) is 0 Å². The average molecular weight is 319 g/mol. The van der Waals surface area contributed by atoms with Crippen LogP contribution >= 0.6 is 0 Å². The summed E-state index contributed by atoms with van der Waals surface area (Å²) in [6, 6.07) is 3.69. The van der Waals surface area contributed by atoms with Crippen molar-refractivity contribution in [2.45, 2.75) is 44.6 Å². The standard InChI is InChI=1S/C18H29N3O2/c1-15-5-7-18(23,8-6-15)14-20-10-3-11-21(13-12-20)17(22)16-4-2-9-19-16/h2,4,9,15,19,23H,3,5-8,10-14H2,1H3. The smallest absolute Gasteiger partial charge is 0.270 e. The fourth-order valence-electron chi connectivity index (χ4n) is 3.84. The fraction of sp³-hybridized carbons (Fsp3) is 0.722. The van der Waals surface area contributed by atoms with Crippen LogP contribution in [0.5, 0.6) is 0 Å². The van der Waals surface area contributed by atoms with E-state index in [4.69, 9.17) is 0 Å². The quantitative estimate of drug-likeness (QED) is 0.897. The molecule has 0 bridgehead atoms. The summed E-state index contributed by atoms with van der Waals surface area (Å²) < 4.78 is 0. The van der Waals surface area contributed by atoms with Gasteiger partial charge in [0.05, 0.1) is 5.60 Å². The number of rotatable bonds is 3. The van der Waals surface area contributed by atoms with E-state index in [0.29, 0.717) is 5.69 Å². The summed E-state index contributed by atoms with van der Waals surface area (Å²) in [6.07, 6.45) is 6.84. The number of aromatic nitrogens is 1. The molecule has 2 fully saturated rings. The van der Waals surface area contributed by atoms with Crippen molar-refractivity contribution < 1.29 is 9.90 Å². The van der Waals surface area contributed by atoms with Gasteiger partial charge in [-0.3, -0.25) is 9.69 Å². The van der Waals surface area contributed by atoms with E-state index in [1.807, 2.05) is 17.0 Å². The van der Waals surface area contributed by atoms with Gasteiger partial charge in [0.25, 0.3) is 5.91 Å². The van der Waals surface area contributed by atoms with Crippen LogP contribution < -0.4 is 0 Å². The van der Waals surface area contributed by atoms with Crippen molar-refractivity contribution in [1.29, 1.82) is 0 Å². The second-order valence-electron chi connectivity index (χ2n) is 7.41. The maximum absolute atomic E-state index is 12.4. The Hall–Kier alpha value is -1.33. The van der Waals surface area contributed by atoms with Gasteiger partial charge in [-0.1, -0.05) is 6.92 Å². The van der Waals surface area contributed by atoms with E-state index in [1.165, 1.54) is 0 Å². The normalized spacial score (nSPS) is 30.2. The molecule has 5 heteroatoms. The molecule has 128 valence electrons. The minimum absolute atomic E-state index is 0.0852. The lowest BCUT2D eigenvalue weighted by molar-refractivity contribution is -0.0341. The highest BCUT2D eigenvalue weighted by molar-refractivity contribution is 5.92. The number of H-pyrrole nitrogens is 1. The van der Waals surface area contributed by atoms with E-state index < -0.39 is 5.60 Å². The summed E-state index contributed by atoms with van der Waals surface area (Å²) in [6.45, 7) is 6.38. The summed E-state index contributed by atoms with van der Waals surface area (Å²) in [5.74, 6) is 0.829. The number of nitrogens with zero attached hydrogens (tertiary/aromatic N) is 2. The highest BCUT2D eigenvalue weighted by atomic mass is 16.3. The Balaban J connectivity index is 1.53. The first-order valence-corrected chi connectivity index (χ1v) is 8.93. The fourth-order valence-corrected chi connectivity index (χ4v) is 3.84.